The van der Waals surface area contributed by atoms with Gasteiger partial charge in [-0.15, -0.1) is 0 Å². The molecule has 13 heteroatoms. The summed E-state index contributed by atoms with van der Waals surface area (Å²) in [6, 6.07) is 12.2. The summed E-state index contributed by atoms with van der Waals surface area (Å²) in [5.41, 5.74) is 8.72. The van der Waals surface area contributed by atoms with Gasteiger partial charge in [-0.3, -0.25) is 19.2 Å². The molecule has 2 aromatic rings. The van der Waals surface area contributed by atoms with Crippen molar-refractivity contribution in [1.29, 1.82) is 0 Å². The largest absolute Gasteiger partial charge is 0.460 e. The highest BCUT2D eigenvalue weighted by molar-refractivity contribution is 5.92. The number of carbonyl (C=O) groups excluding carboxylic acids is 6. The van der Waals surface area contributed by atoms with Crippen LogP contribution in [0.25, 0.3) is 11.1 Å². The average Bonchev–Trinajstić information content (AvgIpc) is 3.29. The molecule has 0 aromatic heterocycles. The Morgan fingerprint density at radius 2 is 1.39 bits per heavy atom. The van der Waals surface area contributed by atoms with E-state index >= 15 is 0 Å². The van der Waals surface area contributed by atoms with Gasteiger partial charge in [0, 0.05) is 5.92 Å². The molecule has 46 heavy (non-hydrogen) atoms. The van der Waals surface area contributed by atoms with Gasteiger partial charge >= 0.3 is 18.0 Å². The van der Waals surface area contributed by atoms with Crippen LogP contribution in [0, 0.1) is 5.92 Å². The number of hydrogen-bond donors (Lipinski definition) is 4. The number of carbonyl (C=O) groups is 6. The molecule has 0 saturated heterocycles. The fraction of sp³-hybridized carbons (Fsp3) is 0.455. The van der Waals surface area contributed by atoms with Crippen molar-refractivity contribution in [2.45, 2.75) is 77.6 Å². The maximum atomic E-state index is 13.0. The van der Waals surface area contributed by atoms with Gasteiger partial charge in [0.15, 0.2) is 6.61 Å². The molecule has 0 radical (unpaired) electrons. The molecule has 0 aliphatic heterocycles. The molecule has 0 heterocycles. The monoisotopic (exact) mass is 638 g/mol. The van der Waals surface area contributed by atoms with Crippen molar-refractivity contribution in [3.63, 3.8) is 0 Å². The number of nitrogens with one attached hydrogen (secondary N) is 3. The highest BCUT2D eigenvalue weighted by atomic mass is 16.6. The number of esters is 2. The van der Waals surface area contributed by atoms with Crippen LogP contribution in [0.3, 0.4) is 0 Å². The number of nitrogens with two attached hydrogens (primary N) is 1. The standard InChI is InChI=1S/C33H42N4O9/c1-18(2)28(37-32(43)45-16-24-22-13-9-7-11-20(22)21-12-8-10-14-23(21)24)30(41)35-19(3)31(42)44-17-26(38)36-25(29(34)40)15-27(39)46-33(4,5)6/h7-14,18-19,24-25,28H,15-17H2,1-6H3,(H2,34,40)(H,35,41)(H,36,38)(H,37,43)/t19-,25-,28-/m0/s1. The van der Waals surface area contributed by atoms with Gasteiger partial charge in [0.25, 0.3) is 5.91 Å². The number of hydrogen-bond acceptors (Lipinski definition) is 9. The third-order valence-electron chi connectivity index (χ3n) is 7.09. The highest BCUT2D eigenvalue weighted by Gasteiger charge is 2.32. The van der Waals surface area contributed by atoms with Gasteiger partial charge in [0.05, 0.1) is 6.42 Å². The normalized spacial score (nSPS) is 14.2. The fourth-order valence-corrected chi connectivity index (χ4v) is 4.93. The molecule has 1 aliphatic rings. The summed E-state index contributed by atoms with van der Waals surface area (Å²) in [7, 11) is 0. The summed E-state index contributed by atoms with van der Waals surface area (Å²) in [4.78, 5) is 74.4. The number of rotatable bonds is 13. The van der Waals surface area contributed by atoms with Crippen molar-refractivity contribution in [3.05, 3.63) is 59.7 Å². The summed E-state index contributed by atoms with van der Waals surface area (Å²) < 4.78 is 15.6. The van der Waals surface area contributed by atoms with E-state index < -0.39 is 72.5 Å². The number of benzene rings is 2. The van der Waals surface area contributed by atoms with Crippen molar-refractivity contribution >= 4 is 35.8 Å². The van der Waals surface area contributed by atoms with E-state index in [9.17, 15) is 28.8 Å². The van der Waals surface area contributed by atoms with E-state index in [2.05, 4.69) is 16.0 Å². The Balaban J connectivity index is 1.49. The molecule has 13 nitrogen and oxygen atoms in total. The van der Waals surface area contributed by atoms with Crippen LogP contribution in [0.4, 0.5) is 4.79 Å². The van der Waals surface area contributed by atoms with E-state index in [0.717, 1.165) is 22.3 Å². The lowest BCUT2D eigenvalue weighted by Gasteiger charge is -2.24. The van der Waals surface area contributed by atoms with Gasteiger partial charge in [-0.25, -0.2) is 9.59 Å². The Morgan fingerprint density at radius 3 is 1.91 bits per heavy atom. The molecule has 248 valence electrons. The first-order chi connectivity index (χ1) is 21.6. The van der Waals surface area contributed by atoms with Crippen LogP contribution in [0.15, 0.2) is 48.5 Å². The van der Waals surface area contributed by atoms with Gasteiger partial charge in [0.2, 0.25) is 11.8 Å². The quantitative estimate of drug-likeness (QED) is 0.188. The van der Waals surface area contributed by atoms with Crippen molar-refractivity contribution < 1.29 is 43.0 Å². The molecular weight excluding hydrogens is 596 g/mol. The Kier molecular flexibility index (Phi) is 11.9. The summed E-state index contributed by atoms with van der Waals surface area (Å²) in [6.07, 6.45) is -1.30. The van der Waals surface area contributed by atoms with E-state index in [0.29, 0.717) is 0 Å². The first-order valence-electron chi connectivity index (χ1n) is 15.0. The van der Waals surface area contributed by atoms with Crippen molar-refractivity contribution in [3.8, 4) is 11.1 Å². The van der Waals surface area contributed by atoms with Crippen LogP contribution >= 0.6 is 0 Å². The Bertz CT molecular complexity index is 1420. The maximum Gasteiger partial charge on any atom is 0.407 e. The second-order valence-electron chi connectivity index (χ2n) is 12.3. The first kappa shape index (κ1) is 35.5. The van der Waals surface area contributed by atoms with Crippen LogP contribution in [0.1, 0.15) is 65.0 Å². The molecule has 0 bridgehead atoms. The predicted octanol–water partition coefficient (Wildman–Crippen LogP) is 2.30. The molecule has 0 unspecified atom stereocenters. The summed E-state index contributed by atoms with van der Waals surface area (Å²) in [5, 5.41) is 7.27. The van der Waals surface area contributed by atoms with Gasteiger partial charge in [0.1, 0.15) is 30.3 Å². The second kappa shape index (κ2) is 15.4. The molecule has 0 saturated carbocycles. The van der Waals surface area contributed by atoms with E-state index in [-0.39, 0.29) is 18.4 Å². The van der Waals surface area contributed by atoms with Crippen LogP contribution < -0.4 is 21.7 Å². The molecule has 4 amide bonds. The number of fused-ring (bicyclic) bond motifs is 3. The number of alkyl carbamates (subject to hydrolysis) is 1. The lowest BCUT2D eigenvalue weighted by atomic mass is 9.98. The minimum Gasteiger partial charge on any atom is -0.460 e. The Hall–Kier alpha value is -4.94. The minimum atomic E-state index is -1.38. The molecule has 2 aromatic carbocycles. The zero-order valence-electron chi connectivity index (χ0n) is 26.9. The number of primary amides is 1. The number of ether oxygens (including phenoxy) is 3. The summed E-state index contributed by atoms with van der Waals surface area (Å²) in [6.45, 7) is 8.96. The van der Waals surface area contributed by atoms with Crippen molar-refractivity contribution in [2.24, 2.45) is 11.7 Å². The minimum absolute atomic E-state index is 0.0610. The van der Waals surface area contributed by atoms with Gasteiger partial charge in [-0.1, -0.05) is 62.4 Å². The second-order valence-corrected chi connectivity index (χ2v) is 12.3. The van der Waals surface area contributed by atoms with E-state index in [1.165, 1.54) is 6.92 Å². The summed E-state index contributed by atoms with van der Waals surface area (Å²) in [5.74, 6) is -4.77. The van der Waals surface area contributed by atoms with E-state index in [1.807, 2.05) is 48.5 Å². The van der Waals surface area contributed by atoms with Crippen molar-refractivity contribution in [1.82, 2.24) is 16.0 Å². The third kappa shape index (κ3) is 9.78. The average molecular weight is 639 g/mol. The van der Waals surface area contributed by atoms with E-state index in [1.54, 1.807) is 34.6 Å². The van der Waals surface area contributed by atoms with Crippen LogP contribution in [0.5, 0.6) is 0 Å². The SMILES string of the molecule is CC(C)[C@H](NC(=O)OCC1c2ccccc2-c2ccccc21)C(=O)N[C@@H](C)C(=O)OCC(=O)N[C@@H](CC(=O)OC(C)(C)C)C(N)=O. The number of amides is 4. The van der Waals surface area contributed by atoms with Gasteiger partial charge in [-0.05, 0) is 55.9 Å². The summed E-state index contributed by atoms with van der Waals surface area (Å²) >= 11 is 0. The third-order valence-corrected chi connectivity index (χ3v) is 7.09. The molecule has 0 spiro atoms. The molecule has 5 N–H and O–H groups in total. The zero-order valence-corrected chi connectivity index (χ0v) is 26.9. The lowest BCUT2D eigenvalue weighted by Crippen LogP contribution is -2.53. The molecule has 1 aliphatic carbocycles. The fourth-order valence-electron chi connectivity index (χ4n) is 4.93. The van der Waals surface area contributed by atoms with Crippen LogP contribution in [0.2, 0.25) is 0 Å². The Morgan fingerprint density at radius 1 is 0.826 bits per heavy atom. The molecule has 3 rings (SSSR count). The maximum absolute atomic E-state index is 13.0. The molecule has 0 fully saturated rings. The van der Waals surface area contributed by atoms with Gasteiger partial charge < -0.3 is 35.9 Å². The molecular formula is C33H42N4O9. The van der Waals surface area contributed by atoms with E-state index in [4.69, 9.17) is 19.9 Å². The smallest absolute Gasteiger partial charge is 0.407 e. The lowest BCUT2D eigenvalue weighted by molar-refractivity contribution is -0.157. The first-order valence-corrected chi connectivity index (χ1v) is 15.0. The predicted molar refractivity (Wildman–Crippen MR) is 167 cm³/mol. The van der Waals surface area contributed by atoms with Crippen LogP contribution in [-0.4, -0.2) is 72.7 Å². The Labute approximate surface area is 267 Å². The van der Waals surface area contributed by atoms with Crippen LogP contribution in [-0.2, 0) is 38.2 Å². The topological polar surface area (TPSA) is 192 Å². The molecule has 3 atom stereocenters. The highest BCUT2D eigenvalue weighted by Crippen LogP contribution is 2.44. The van der Waals surface area contributed by atoms with Crippen molar-refractivity contribution in [2.75, 3.05) is 13.2 Å². The van der Waals surface area contributed by atoms with Gasteiger partial charge in [-0.2, -0.15) is 0 Å². The zero-order chi connectivity index (χ0) is 34.2.